The lowest BCUT2D eigenvalue weighted by atomic mass is 10.1. The molecular formula is C22H22F3N3O3. The molecule has 6 nitrogen and oxygen atoms in total. The Morgan fingerprint density at radius 1 is 1.16 bits per heavy atom. The van der Waals surface area contributed by atoms with Crippen LogP contribution in [0.3, 0.4) is 0 Å². The van der Waals surface area contributed by atoms with Crippen molar-refractivity contribution in [2.45, 2.75) is 38.5 Å². The largest absolute Gasteiger partial charge is 0.478 e. The number of piperidine rings is 1. The maximum absolute atomic E-state index is 13.3. The Bertz CT molecular complexity index is 1020. The number of nitrogens with one attached hydrogen (secondary N) is 2. The fourth-order valence-corrected chi connectivity index (χ4v) is 3.82. The van der Waals surface area contributed by atoms with Gasteiger partial charge in [0, 0.05) is 13.1 Å². The molecule has 1 saturated heterocycles. The fourth-order valence-electron chi connectivity index (χ4n) is 3.82. The highest BCUT2D eigenvalue weighted by atomic mass is 19.4. The molecule has 9 heteroatoms. The van der Waals surface area contributed by atoms with Crippen molar-refractivity contribution in [2.75, 3.05) is 28.6 Å². The molecule has 0 radical (unpaired) electrons. The van der Waals surface area contributed by atoms with E-state index in [4.69, 9.17) is 4.74 Å². The van der Waals surface area contributed by atoms with Gasteiger partial charge in [0.1, 0.15) is 0 Å². The second-order valence-electron chi connectivity index (χ2n) is 7.66. The van der Waals surface area contributed by atoms with Crippen molar-refractivity contribution in [1.29, 1.82) is 0 Å². The van der Waals surface area contributed by atoms with Crippen molar-refractivity contribution >= 4 is 28.9 Å². The maximum atomic E-state index is 13.3. The first-order valence-corrected chi connectivity index (χ1v) is 10.1. The third-order valence-corrected chi connectivity index (χ3v) is 5.45. The standard InChI is InChI=1S/C22H22F3N3O3/c1-13-20(29)26-16-7-5-6-15(19(16)31-13)21(30)27-17-12-14(22(23,24)25)8-9-18(17)28-10-3-2-4-11-28/h5-9,12-13H,2-4,10-11H2,1H3,(H,26,29)(H,27,30). The van der Waals surface area contributed by atoms with Crippen LogP contribution in [-0.2, 0) is 11.0 Å². The number of rotatable bonds is 3. The molecule has 164 valence electrons. The summed E-state index contributed by atoms with van der Waals surface area (Å²) in [7, 11) is 0. The van der Waals surface area contributed by atoms with E-state index in [9.17, 15) is 22.8 Å². The lowest BCUT2D eigenvalue weighted by molar-refractivity contribution is -0.137. The van der Waals surface area contributed by atoms with E-state index in [0.717, 1.165) is 31.4 Å². The van der Waals surface area contributed by atoms with Crippen LogP contribution in [0.5, 0.6) is 5.75 Å². The van der Waals surface area contributed by atoms with Crippen LogP contribution in [0.15, 0.2) is 36.4 Å². The highest BCUT2D eigenvalue weighted by Crippen LogP contribution is 2.38. The number of carbonyl (C=O) groups excluding carboxylic acids is 2. The van der Waals surface area contributed by atoms with E-state index < -0.39 is 23.8 Å². The van der Waals surface area contributed by atoms with E-state index in [1.807, 2.05) is 4.90 Å². The van der Waals surface area contributed by atoms with Gasteiger partial charge in [0.15, 0.2) is 11.9 Å². The lowest BCUT2D eigenvalue weighted by Crippen LogP contribution is -2.35. The number of anilines is 3. The average molecular weight is 433 g/mol. The first kappa shape index (κ1) is 21.0. The number of hydrogen-bond donors (Lipinski definition) is 2. The molecule has 2 aliphatic heterocycles. The smallest absolute Gasteiger partial charge is 0.416 e. The number of carbonyl (C=O) groups is 2. The third-order valence-electron chi connectivity index (χ3n) is 5.45. The SMILES string of the molecule is CC1Oc2c(cccc2C(=O)Nc2cc(C(F)(F)F)ccc2N2CCCCC2)NC1=O. The Labute approximate surface area is 177 Å². The molecule has 0 saturated carbocycles. The number of nitrogens with zero attached hydrogens (tertiary/aromatic N) is 1. The minimum absolute atomic E-state index is 0.0900. The second kappa shape index (κ2) is 8.13. The molecule has 1 atom stereocenters. The molecule has 0 spiro atoms. The van der Waals surface area contributed by atoms with Crippen LogP contribution in [-0.4, -0.2) is 31.0 Å². The second-order valence-corrected chi connectivity index (χ2v) is 7.66. The van der Waals surface area contributed by atoms with Gasteiger partial charge in [0.2, 0.25) is 0 Å². The van der Waals surface area contributed by atoms with Crippen molar-refractivity contribution in [3.8, 4) is 5.75 Å². The van der Waals surface area contributed by atoms with Gasteiger partial charge in [-0.25, -0.2) is 0 Å². The summed E-state index contributed by atoms with van der Waals surface area (Å²) in [5, 5.41) is 5.30. The van der Waals surface area contributed by atoms with Crippen LogP contribution in [0.25, 0.3) is 0 Å². The van der Waals surface area contributed by atoms with Gasteiger partial charge in [0.05, 0.1) is 28.2 Å². The molecule has 0 bridgehead atoms. The molecule has 0 aliphatic carbocycles. The minimum Gasteiger partial charge on any atom is -0.478 e. The van der Waals surface area contributed by atoms with Crippen LogP contribution >= 0.6 is 0 Å². The van der Waals surface area contributed by atoms with E-state index in [2.05, 4.69) is 10.6 Å². The minimum atomic E-state index is -4.53. The molecular weight excluding hydrogens is 411 g/mol. The molecule has 2 aliphatic rings. The highest BCUT2D eigenvalue weighted by molar-refractivity contribution is 6.10. The van der Waals surface area contributed by atoms with Gasteiger partial charge in [-0.05, 0) is 56.5 Å². The van der Waals surface area contributed by atoms with E-state index in [-0.39, 0.29) is 22.9 Å². The Kier molecular flexibility index (Phi) is 5.51. The molecule has 0 aromatic heterocycles. The average Bonchev–Trinajstić information content (AvgIpc) is 2.74. The van der Waals surface area contributed by atoms with Crippen LogP contribution in [0, 0.1) is 0 Å². The summed E-state index contributed by atoms with van der Waals surface area (Å²) >= 11 is 0. The van der Waals surface area contributed by atoms with Crippen LogP contribution in [0.2, 0.25) is 0 Å². The molecule has 2 amide bonds. The molecule has 31 heavy (non-hydrogen) atoms. The summed E-state index contributed by atoms with van der Waals surface area (Å²) in [5.41, 5.74) is 0.277. The Hall–Kier alpha value is -3.23. The van der Waals surface area contributed by atoms with Gasteiger partial charge >= 0.3 is 6.18 Å². The predicted molar refractivity (Wildman–Crippen MR) is 111 cm³/mol. The zero-order valence-electron chi connectivity index (χ0n) is 16.9. The van der Waals surface area contributed by atoms with E-state index in [1.54, 1.807) is 19.1 Å². The van der Waals surface area contributed by atoms with Crippen molar-refractivity contribution < 1.29 is 27.5 Å². The van der Waals surface area contributed by atoms with Gasteiger partial charge in [-0.2, -0.15) is 13.2 Å². The Balaban J connectivity index is 1.69. The number of benzene rings is 2. The van der Waals surface area contributed by atoms with E-state index >= 15 is 0 Å². The number of halogens is 3. The molecule has 2 aromatic carbocycles. The van der Waals surface area contributed by atoms with Crippen LogP contribution < -0.4 is 20.3 Å². The number of hydrogen-bond acceptors (Lipinski definition) is 4. The van der Waals surface area contributed by atoms with Crippen molar-refractivity contribution in [1.82, 2.24) is 0 Å². The molecule has 4 rings (SSSR count). The number of para-hydroxylation sites is 1. The van der Waals surface area contributed by atoms with Gasteiger partial charge in [-0.1, -0.05) is 6.07 Å². The van der Waals surface area contributed by atoms with E-state index in [1.165, 1.54) is 12.1 Å². The summed E-state index contributed by atoms with van der Waals surface area (Å²) in [4.78, 5) is 26.9. The first-order valence-electron chi connectivity index (χ1n) is 10.1. The molecule has 1 fully saturated rings. The van der Waals surface area contributed by atoms with Crippen molar-refractivity contribution in [3.05, 3.63) is 47.5 Å². The van der Waals surface area contributed by atoms with Crippen LogP contribution in [0.1, 0.15) is 42.1 Å². The Morgan fingerprint density at radius 2 is 1.90 bits per heavy atom. The normalized spacial score (nSPS) is 18.6. The van der Waals surface area contributed by atoms with Crippen LogP contribution in [0.4, 0.5) is 30.2 Å². The number of fused-ring (bicyclic) bond motifs is 1. The molecule has 2 heterocycles. The summed E-state index contributed by atoms with van der Waals surface area (Å²) in [5.74, 6) is -0.758. The fraction of sp³-hybridized carbons (Fsp3) is 0.364. The first-order chi connectivity index (χ1) is 14.7. The monoisotopic (exact) mass is 433 g/mol. The van der Waals surface area contributed by atoms with E-state index in [0.29, 0.717) is 24.5 Å². The van der Waals surface area contributed by atoms with Crippen molar-refractivity contribution in [3.63, 3.8) is 0 Å². The van der Waals surface area contributed by atoms with Gasteiger partial charge in [-0.15, -0.1) is 0 Å². The molecule has 2 N–H and O–H groups in total. The van der Waals surface area contributed by atoms with Gasteiger partial charge in [0.25, 0.3) is 11.8 Å². The summed E-state index contributed by atoms with van der Waals surface area (Å²) in [6.07, 6.45) is -2.39. The Morgan fingerprint density at radius 3 is 2.61 bits per heavy atom. The molecule has 1 unspecified atom stereocenters. The summed E-state index contributed by atoms with van der Waals surface area (Å²) in [6, 6.07) is 8.08. The van der Waals surface area contributed by atoms with Gasteiger partial charge in [-0.3, -0.25) is 9.59 Å². The maximum Gasteiger partial charge on any atom is 0.416 e. The zero-order chi connectivity index (χ0) is 22.2. The number of alkyl halides is 3. The molecule has 2 aromatic rings. The third kappa shape index (κ3) is 4.30. The predicted octanol–water partition coefficient (Wildman–Crippen LogP) is 4.67. The number of amides is 2. The zero-order valence-corrected chi connectivity index (χ0v) is 16.9. The highest BCUT2D eigenvalue weighted by Gasteiger charge is 2.32. The van der Waals surface area contributed by atoms with Gasteiger partial charge < -0.3 is 20.3 Å². The lowest BCUT2D eigenvalue weighted by Gasteiger charge is -2.31. The summed E-state index contributed by atoms with van der Waals surface area (Å²) < 4.78 is 45.6. The number of ether oxygens (including phenoxy) is 1. The summed E-state index contributed by atoms with van der Waals surface area (Å²) in [6.45, 7) is 2.97. The topological polar surface area (TPSA) is 70.7 Å². The quantitative estimate of drug-likeness (QED) is 0.738. The van der Waals surface area contributed by atoms with Crippen molar-refractivity contribution in [2.24, 2.45) is 0 Å².